The molecule has 0 aliphatic heterocycles. The monoisotopic (exact) mass is 366 g/mol. The highest BCUT2D eigenvalue weighted by Gasteiger charge is 2.02. The first-order chi connectivity index (χ1) is 13.3. The van der Waals surface area contributed by atoms with Gasteiger partial charge in [-0.15, -0.1) is 0 Å². The summed E-state index contributed by atoms with van der Waals surface area (Å²) in [4.78, 5) is 25.2. The minimum atomic E-state index is -0.159. The maximum Gasteiger partial charge on any atom is 0.252 e. The fourth-order valence-electron chi connectivity index (χ4n) is 2.16. The van der Waals surface area contributed by atoms with Crippen LogP contribution in [0.15, 0.2) is 59.9 Å². The van der Waals surface area contributed by atoms with E-state index in [4.69, 9.17) is 10.1 Å². The number of rotatable bonds is 9. The van der Waals surface area contributed by atoms with Crippen molar-refractivity contribution in [1.29, 1.82) is 5.26 Å². The number of unbranched alkanes of at least 4 members (excludes halogenated alkanes) is 2. The van der Waals surface area contributed by atoms with Gasteiger partial charge in [-0.3, -0.25) is 20.1 Å². The summed E-state index contributed by atoms with van der Waals surface area (Å²) in [6, 6.07) is 12.6. The molecular formula is C19H22N6O2. The average molecular weight is 366 g/mol. The predicted octanol–water partition coefficient (Wildman–Crippen LogP) is 2.59. The standard InChI is InChI=1S/C19H22N6O2/c20-15-23-19(24-16-10-13-21-14-11-16)22-12-6-2-5-9-18(26)25-27-17-7-3-1-4-8-17/h1,3-4,7-8,10-11,13-14H,2,5-6,9,12H2,(H,25,26)(H2,21,22,23,24). The quantitative estimate of drug-likeness (QED) is 0.157. The summed E-state index contributed by atoms with van der Waals surface area (Å²) in [5, 5.41) is 14.3. The van der Waals surface area contributed by atoms with Gasteiger partial charge in [-0.25, -0.2) is 0 Å². The lowest BCUT2D eigenvalue weighted by Gasteiger charge is -2.08. The molecule has 8 nitrogen and oxygen atoms in total. The maximum absolute atomic E-state index is 11.7. The van der Waals surface area contributed by atoms with E-state index in [-0.39, 0.29) is 5.91 Å². The summed E-state index contributed by atoms with van der Waals surface area (Å²) in [6.07, 6.45) is 7.93. The van der Waals surface area contributed by atoms with E-state index in [2.05, 4.69) is 26.1 Å². The zero-order chi connectivity index (χ0) is 19.2. The van der Waals surface area contributed by atoms with Crippen molar-refractivity contribution in [2.75, 3.05) is 11.9 Å². The van der Waals surface area contributed by atoms with Gasteiger partial charge in [0.05, 0.1) is 0 Å². The lowest BCUT2D eigenvalue weighted by atomic mass is 10.2. The summed E-state index contributed by atoms with van der Waals surface area (Å²) in [6.45, 7) is 0.546. The van der Waals surface area contributed by atoms with Crippen LogP contribution in [0.3, 0.4) is 0 Å². The van der Waals surface area contributed by atoms with Crippen LogP contribution in [-0.4, -0.2) is 23.4 Å². The van der Waals surface area contributed by atoms with Crippen LogP contribution in [0.25, 0.3) is 0 Å². The number of pyridine rings is 1. The van der Waals surface area contributed by atoms with E-state index >= 15 is 0 Å². The fourth-order valence-corrected chi connectivity index (χ4v) is 2.16. The van der Waals surface area contributed by atoms with Gasteiger partial charge in [-0.05, 0) is 37.1 Å². The van der Waals surface area contributed by atoms with Crippen LogP contribution in [0, 0.1) is 11.5 Å². The molecule has 1 aromatic heterocycles. The second kappa shape index (κ2) is 11.9. The molecule has 0 radical (unpaired) electrons. The normalized spacial score (nSPS) is 10.6. The number of benzene rings is 1. The number of anilines is 1. The lowest BCUT2D eigenvalue weighted by molar-refractivity contribution is -0.127. The molecule has 0 saturated carbocycles. The number of carbonyl (C=O) groups is 1. The van der Waals surface area contributed by atoms with Crippen molar-refractivity contribution in [2.45, 2.75) is 25.7 Å². The number of nitrogens with one attached hydrogen (secondary N) is 3. The van der Waals surface area contributed by atoms with Gasteiger partial charge in [0.25, 0.3) is 5.91 Å². The first-order valence-electron chi connectivity index (χ1n) is 8.65. The third kappa shape index (κ3) is 8.36. The van der Waals surface area contributed by atoms with Crippen molar-refractivity contribution in [2.24, 2.45) is 4.99 Å². The van der Waals surface area contributed by atoms with Gasteiger partial charge in [0, 0.05) is 31.0 Å². The van der Waals surface area contributed by atoms with E-state index in [0.29, 0.717) is 24.7 Å². The van der Waals surface area contributed by atoms with Crippen LogP contribution in [-0.2, 0) is 4.79 Å². The van der Waals surface area contributed by atoms with Crippen LogP contribution in [0.1, 0.15) is 25.7 Å². The molecular weight excluding hydrogens is 344 g/mol. The number of nitrogens with zero attached hydrogens (tertiary/aromatic N) is 3. The Morgan fingerprint density at radius 1 is 1.11 bits per heavy atom. The van der Waals surface area contributed by atoms with Crippen LogP contribution < -0.4 is 21.0 Å². The Balaban J connectivity index is 1.61. The predicted molar refractivity (Wildman–Crippen MR) is 103 cm³/mol. The molecule has 0 saturated heterocycles. The number of aliphatic imine (C=N–C) groups is 1. The van der Waals surface area contributed by atoms with E-state index in [9.17, 15) is 4.79 Å². The maximum atomic E-state index is 11.7. The zero-order valence-electron chi connectivity index (χ0n) is 14.9. The zero-order valence-corrected chi connectivity index (χ0v) is 14.9. The van der Waals surface area contributed by atoms with Crippen LogP contribution in [0.5, 0.6) is 5.75 Å². The molecule has 0 bridgehead atoms. The summed E-state index contributed by atoms with van der Waals surface area (Å²) in [5.41, 5.74) is 3.22. The molecule has 0 atom stereocenters. The number of carbonyl (C=O) groups excluding carboxylic acids is 1. The largest absolute Gasteiger partial charge is 0.380 e. The van der Waals surface area contributed by atoms with Gasteiger partial charge < -0.3 is 10.2 Å². The minimum Gasteiger partial charge on any atom is -0.380 e. The first-order valence-corrected chi connectivity index (χ1v) is 8.65. The van der Waals surface area contributed by atoms with Gasteiger partial charge in [0.1, 0.15) is 0 Å². The molecule has 1 aromatic carbocycles. The molecule has 2 aromatic rings. The molecule has 2 rings (SSSR count). The molecule has 0 spiro atoms. The third-order valence-electron chi connectivity index (χ3n) is 3.48. The Labute approximate surface area is 158 Å². The summed E-state index contributed by atoms with van der Waals surface area (Å²) in [5.74, 6) is 0.825. The molecule has 1 amide bonds. The Kier molecular flexibility index (Phi) is 8.67. The summed E-state index contributed by atoms with van der Waals surface area (Å²) >= 11 is 0. The van der Waals surface area contributed by atoms with Crippen LogP contribution in [0.4, 0.5) is 5.69 Å². The van der Waals surface area contributed by atoms with Crippen molar-refractivity contribution in [3.05, 3.63) is 54.9 Å². The van der Waals surface area contributed by atoms with Gasteiger partial charge in [-0.1, -0.05) is 24.6 Å². The van der Waals surface area contributed by atoms with E-state index < -0.39 is 0 Å². The number of para-hydroxylation sites is 1. The number of hydroxylamine groups is 1. The summed E-state index contributed by atoms with van der Waals surface area (Å²) < 4.78 is 0. The smallest absolute Gasteiger partial charge is 0.252 e. The second-order valence-corrected chi connectivity index (χ2v) is 5.58. The highest BCUT2D eigenvalue weighted by Crippen LogP contribution is 2.07. The first kappa shape index (κ1) is 19.7. The highest BCUT2D eigenvalue weighted by atomic mass is 16.7. The van der Waals surface area contributed by atoms with Crippen molar-refractivity contribution < 1.29 is 9.63 Å². The lowest BCUT2D eigenvalue weighted by Crippen LogP contribution is -2.27. The topological polar surface area (TPSA) is 111 Å². The van der Waals surface area contributed by atoms with Gasteiger partial charge >= 0.3 is 0 Å². The molecule has 8 heteroatoms. The number of hydrogen-bond acceptors (Lipinski definition) is 5. The van der Waals surface area contributed by atoms with E-state index in [1.807, 2.05) is 24.4 Å². The number of amides is 1. The SMILES string of the molecule is N#CNC(=NCCCCCC(=O)NOc1ccccc1)Nc1ccncc1. The second-order valence-electron chi connectivity index (χ2n) is 5.58. The number of nitriles is 1. The van der Waals surface area contributed by atoms with Crippen molar-refractivity contribution in [3.8, 4) is 11.9 Å². The Bertz CT molecular complexity index is 759. The van der Waals surface area contributed by atoms with Crippen LogP contribution >= 0.6 is 0 Å². The number of hydrogen-bond donors (Lipinski definition) is 3. The van der Waals surface area contributed by atoms with Crippen molar-refractivity contribution >= 4 is 17.6 Å². The molecule has 0 unspecified atom stereocenters. The molecule has 27 heavy (non-hydrogen) atoms. The van der Waals surface area contributed by atoms with Gasteiger partial charge in [0.15, 0.2) is 11.9 Å². The molecule has 0 aliphatic carbocycles. The minimum absolute atomic E-state index is 0.159. The highest BCUT2D eigenvalue weighted by molar-refractivity contribution is 5.94. The van der Waals surface area contributed by atoms with E-state index in [0.717, 1.165) is 24.9 Å². The Hall–Kier alpha value is -3.60. The molecule has 3 N–H and O–H groups in total. The average Bonchev–Trinajstić information content (AvgIpc) is 2.70. The fraction of sp³-hybridized carbons (Fsp3) is 0.263. The van der Waals surface area contributed by atoms with Gasteiger partial charge in [-0.2, -0.15) is 10.7 Å². The van der Waals surface area contributed by atoms with Crippen molar-refractivity contribution in [1.82, 2.24) is 15.8 Å². The van der Waals surface area contributed by atoms with Gasteiger partial charge in [0.2, 0.25) is 5.96 Å². The Morgan fingerprint density at radius 3 is 2.63 bits per heavy atom. The summed E-state index contributed by atoms with van der Waals surface area (Å²) in [7, 11) is 0. The molecule has 1 heterocycles. The number of guanidine groups is 1. The van der Waals surface area contributed by atoms with E-state index in [1.165, 1.54) is 0 Å². The van der Waals surface area contributed by atoms with Crippen LogP contribution in [0.2, 0.25) is 0 Å². The number of aromatic nitrogens is 1. The van der Waals surface area contributed by atoms with E-state index in [1.54, 1.807) is 36.7 Å². The third-order valence-corrected chi connectivity index (χ3v) is 3.48. The molecule has 0 aliphatic rings. The Morgan fingerprint density at radius 2 is 1.89 bits per heavy atom. The van der Waals surface area contributed by atoms with Crippen molar-refractivity contribution in [3.63, 3.8) is 0 Å². The molecule has 140 valence electrons. The molecule has 0 fully saturated rings.